The summed E-state index contributed by atoms with van der Waals surface area (Å²) < 4.78 is 18.1. The minimum Gasteiger partial charge on any atom is -0.490 e. The number of halogens is 1. The molecule has 5 heteroatoms. The van der Waals surface area contributed by atoms with Gasteiger partial charge in [0.1, 0.15) is 12.4 Å². The quantitative estimate of drug-likeness (QED) is 0.514. The molecule has 0 saturated heterocycles. The molecule has 2 aromatic carbocycles. The molecule has 0 aliphatic rings. The first-order valence-corrected chi connectivity index (χ1v) is 9.40. The minimum absolute atomic E-state index is 0.503. The second-order valence-corrected chi connectivity index (χ2v) is 6.63. The Morgan fingerprint density at radius 2 is 1.77 bits per heavy atom. The molecule has 0 radical (unpaired) electrons. The van der Waals surface area contributed by atoms with Gasteiger partial charge in [-0.2, -0.15) is 0 Å². The molecule has 0 aliphatic carbocycles. The SMILES string of the molecule is CCOc1cc(CNCc2ccco2)c(Br)cc1OCc1ccccc1. The van der Waals surface area contributed by atoms with E-state index in [1.807, 2.05) is 61.5 Å². The minimum atomic E-state index is 0.503. The van der Waals surface area contributed by atoms with E-state index in [0.717, 1.165) is 32.9 Å². The molecule has 3 rings (SSSR count). The van der Waals surface area contributed by atoms with Gasteiger partial charge in [-0.15, -0.1) is 0 Å². The van der Waals surface area contributed by atoms with E-state index < -0.39 is 0 Å². The smallest absolute Gasteiger partial charge is 0.162 e. The van der Waals surface area contributed by atoms with Crippen molar-refractivity contribution in [1.29, 1.82) is 0 Å². The van der Waals surface area contributed by atoms with E-state index in [9.17, 15) is 0 Å². The van der Waals surface area contributed by atoms with Gasteiger partial charge >= 0.3 is 0 Å². The molecule has 4 nitrogen and oxygen atoms in total. The zero-order valence-electron chi connectivity index (χ0n) is 14.7. The van der Waals surface area contributed by atoms with Crippen LogP contribution in [0.1, 0.15) is 23.8 Å². The highest BCUT2D eigenvalue weighted by Gasteiger charge is 2.11. The first-order chi connectivity index (χ1) is 12.8. The van der Waals surface area contributed by atoms with E-state index in [2.05, 4.69) is 21.2 Å². The molecule has 0 amide bonds. The summed E-state index contributed by atoms with van der Waals surface area (Å²) in [5.41, 5.74) is 2.22. The molecule has 0 bridgehead atoms. The predicted octanol–water partition coefficient (Wildman–Crippen LogP) is 5.31. The van der Waals surface area contributed by atoms with Gasteiger partial charge in [0.15, 0.2) is 11.5 Å². The number of benzene rings is 2. The van der Waals surface area contributed by atoms with Crippen LogP contribution in [0.25, 0.3) is 0 Å². The van der Waals surface area contributed by atoms with Crippen molar-refractivity contribution >= 4 is 15.9 Å². The van der Waals surface area contributed by atoms with E-state index in [1.165, 1.54) is 0 Å². The van der Waals surface area contributed by atoms with Crippen molar-refractivity contribution in [3.63, 3.8) is 0 Å². The van der Waals surface area contributed by atoms with Crippen LogP contribution in [0.4, 0.5) is 0 Å². The Labute approximate surface area is 162 Å². The normalized spacial score (nSPS) is 10.7. The fourth-order valence-electron chi connectivity index (χ4n) is 2.56. The highest BCUT2D eigenvalue weighted by Crippen LogP contribution is 2.34. The van der Waals surface area contributed by atoms with Gasteiger partial charge in [0.25, 0.3) is 0 Å². The van der Waals surface area contributed by atoms with Crippen LogP contribution in [0.15, 0.2) is 69.8 Å². The summed E-state index contributed by atoms with van der Waals surface area (Å²) >= 11 is 3.64. The molecule has 0 unspecified atom stereocenters. The van der Waals surface area contributed by atoms with E-state index in [1.54, 1.807) is 6.26 Å². The van der Waals surface area contributed by atoms with Crippen molar-refractivity contribution in [2.45, 2.75) is 26.6 Å². The molecule has 3 aromatic rings. The standard InChI is InChI=1S/C21H22BrNO3/c1-2-24-20-11-17(13-23-14-18-9-6-10-25-18)19(22)12-21(20)26-15-16-7-4-3-5-8-16/h3-12,23H,2,13-15H2,1H3. The van der Waals surface area contributed by atoms with Gasteiger partial charge in [-0.3, -0.25) is 0 Å². The zero-order chi connectivity index (χ0) is 18.2. The molecule has 26 heavy (non-hydrogen) atoms. The second kappa shape index (κ2) is 9.46. The van der Waals surface area contributed by atoms with Gasteiger partial charge in [0, 0.05) is 11.0 Å². The Hall–Kier alpha value is -2.24. The number of rotatable bonds is 9. The van der Waals surface area contributed by atoms with Crippen molar-refractivity contribution in [3.8, 4) is 11.5 Å². The molecule has 136 valence electrons. The lowest BCUT2D eigenvalue weighted by Gasteiger charge is -2.15. The highest BCUT2D eigenvalue weighted by atomic mass is 79.9. The lowest BCUT2D eigenvalue weighted by molar-refractivity contribution is 0.269. The lowest BCUT2D eigenvalue weighted by atomic mass is 10.2. The Balaban J connectivity index is 1.68. The summed E-state index contributed by atoms with van der Waals surface area (Å²) in [6.07, 6.45) is 1.68. The fraction of sp³-hybridized carbons (Fsp3) is 0.238. The second-order valence-electron chi connectivity index (χ2n) is 5.78. The number of nitrogens with one attached hydrogen (secondary N) is 1. The van der Waals surface area contributed by atoms with Crippen LogP contribution in [0.5, 0.6) is 11.5 Å². The molecule has 1 heterocycles. The van der Waals surface area contributed by atoms with Crippen LogP contribution in [0.2, 0.25) is 0 Å². The van der Waals surface area contributed by atoms with Crippen LogP contribution in [0.3, 0.4) is 0 Å². The third-order valence-corrected chi connectivity index (χ3v) is 4.58. The molecule has 1 aromatic heterocycles. The van der Waals surface area contributed by atoms with Crippen LogP contribution in [-0.4, -0.2) is 6.61 Å². The monoisotopic (exact) mass is 415 g/mol. The van der Waals surface area contributed by atoms with E-state index in [4.69, 9.17) is 13.9 Å². The Bertz CT molecular complexity index is 804. The van der Waals surface area contributed by atoms with Crippen molar-refractivity contribution in [2.75, 3.05) is 6.61 Å². The van der Waals surface area contributed by atoms with Crippen molar-refractivity contribution in [2.24, 2.45) is 0 Å². The Morgan fingerprint density at radius 1 is 0.962 bits per heavy atom. The average molecular weight is 416 g/mol. The Morgan fingerprint density at radius 3 is 2.50 bits per heavy atom. The fourth-order valence-corrected chi connectivity index (χ4v) is 3.03. The van der Waals surface area contributed by atoms with Crippen molar-refractivity contribution in [3.05, 3.63) is 82.2 Å². The van der Waals surface area contributed by atoms with Crippen LogP contribution in [0, 0.1) is 0 Å². The van der Waals surface area contributed by atoms with E-state index in [-0.39, 0.29) is 0 Å². The molecule has 0 spiro atoms. The third-order valence-electron chi connectivity index (χ3n) is 3.84. The van der Waals surface area contributed by atoms with Gasteiger partial charge in [-0.1, -0.05) is 46.3 Å². The number of hydrogen-bond donors (Lipinski definition) is 1. The van der Waals surface area contributed by atoms with Crippen LogP contribution < -0.4 is 14.8 Å². The van der Waals surface area contributed by atoms with Gasteiger partial charge in [0.05, 0.1) is 19.4 Å². The molecular weight excluding hydrogens is 394 g/mol. The molecule has 0 fully saturated rings. The van der Waals surface area contributed by atoms with Crippen molar-refractivity contribution in [1.82, 2.24) is 5.32 Å². The lowest BCUT2D eigenvalue weighted by Crippen LogP contribution is -2.13. The largest absolute Gasteiger partial charge is 0.490 e. The Kier molecular flexibility index (Phi) is 6.75. The molecule has 0 aliphatic heterocycles. The van der Waals surface area contributed by atoms with E-state index >= 15 is 0 Å². The summed E-state index contributed by atoms with van der Waals surface area (Å²) in [6, 6.07) is 17.9. The van der Waals surface area contributed by atoms with E-state index in [0.29, 0.717) is 26.3 Å². The maximum atomic E-state index is 5.98. The first-order valence-electron chi connectivity index (χ1n) is 8.61. The number of ether oxygens (including phenoxy) is 2. The summed E-state index contributed by atoms with van der Waals surface area (Å²) in [5.74, 6) is 2.40. The predicted molar refractivity (Wildman–Crippen MR) is 105 cm³/mol. The van der Waals surface area contributed by atoms with Crippen LogP contribution >= 0.6 is 15.9 Å². The maximum Gasteiger partial charge on any atom is 0.162 e. The third kappa shape index (κ3) is 5.13. The van der Waals surface area contributed by atoms with Gasteiger partial charge in [-0.05, 0) is 42.3 Å². The van der Waals surface area contributed by atoms with Gasteiger partial charge in [0.2, 0.25) is 0 Å². The van der Waals surface area contributed by atoms with Crippen molar-refractivity contribution < 1.29 is 13.9 Å². The maximum absolute atomic E-state index is 5.98. The van der Waals surface area contributed by atoms with Crippen LogP contribution in [-0.2, 0) is 19.7 Å². The summed E-state index contributed by atoms with van der Waals surface area (Å²) in [4.78, 5) is 0. The summed E-state index contributed by atoms with van der Waals surface area (Å²) in [6.45, 7) is 4.43. The summed E-state index contributed by atoms with van der Waals surface area (Å²) in [7, 11) is 0. The highest BCUT2D eigenvalue weighted by molar-refractivity contribution is 9.10. The average Bonchev–Trinajstić information content (AvgIpc) is 3.17. The topological polar surface area (TPSA) is 43.6 Å². The number of hydrogen-bond acceptors (Lipinski definition) is 4. The van der Waals surface area contributed by atoms with Gasteiger partial charge < -0.3 is 19.2 Å². The molecule has 0 atom stereocenters. The molecular formula is C21H22BrNO3. The van der Waals surface area contributed by atoms with Gasteiger partial charge in [-0.25, -0.2) is 0 Å². The first kappa shape index (κ1) is 18.5. The molecule has 0 saturated carbocycles. The molecule has 1 N–H and O–H groups in total. The zero-order valence-corrected chi connectivity index (χ0v) is 16.3. The summed E-state index contributed by atoms with van der Waals surface area (Å²) in [5, 5.41) is 3.37. The number of furan rings is 1.